The molecular weight excluding hydrogens is 222 g/mol. The van der Waals surface area contributed by atoms with E-state index in [-0.39, 0.29) is 11.8 Å². The summed E-state index contributed by atoms with van der Waals surface area (Å²) in [4.78, 5) is 12.3. The number of anilines is 1. The number of aryl methyl sites for hydroxylation is 2. The average molecular weight is 245 g/mol. The number of amides is 1. The van der Waals surface area contributed by atoms with Crippen LogP contribution in [0.1, 0.15) is 50.2 Å². The number of hydrogen-bond donors (Lipinski definition) is 1. The Hall–Kier alpha value is -1.31. The van der Waals surface area contributed by atoms with E-state index in [0.717, 1.165) is 24.9 Å². The van der Waals surface area contributed by atoms with Crippen molar-refractivity contribution in [2.75, 3.05) is 5.32 Å². The predicted octanol–water partition coefficient (Wildman–Crippen LogP) is 4.08. The Labute approximate surface area is 110 Å². The van der Waals surface area contributed by atoms with Gasteiger partial charge in [-0.05, 0) is 37.3 Å². The van der Waals surface area contributed by atoms with E-state index in [1.807, 2.05) is 0 Å². The number of carbonyl (C=O) groups excluding carboxylic acids is 1. The number of rotatable bonds is 3. The summed E-state index contributed by atoms with van der Waals surface area (Å²) < 4.78 is 0. The van der Waals surface area contributed by atoms with Crippen LogP contribution >= 0.6 is 0 Å². The molecule has 1 N–H and O–H groups in total. The van der Waals surface area contributed by atoms with Crippen molar-refractivity contribution in [1.82, 2.24) is 0 Å². The summed E-state index contributed by atoms with van der Waals surface area (Å²) in [5.74, 6) is 0.446. The van der Waals surface area contributed by atoms with Crippen molar-refractivity contribution >= 4 is 11.6 Å². The first-order valence-electron chi connectivity index (χ1n) is 7.11. The first-order valence-corrected chi connectivity index (χ1v) is 7.11. The smallest absolute Gasteiger partial charge is 0.227 e. The fourth-order valence-corrected chi connectivity index (χ4v) is 2.79. The molecule has 1 aromatic rings. The van der Waals surface area contributed by atoms with Gasteiger partial charge in [0, 0.05) is 11.6 Å². The summed E-state index contributed by atoms with van der Waals surface area (Å²) in [5, 5.41) is 3.16. The maximum atomic E-state index is 12.3. The summed E-state index contributed by atoms with van der Waals surface area (Å²) in [6.07, 6.45) is 6.76. The third-order valence-electron chi connectivity index (χ3n) is 3.96. The molecule has 0 aromatic heterocycles. The van der Waals surface area contributed by atoms with Crippen molar-refractivity contribution in [3.8, 4) is 0 Å². The number of hydrogen-bond acceptors (Lipinski definition) is 1. The van der Waals surface area contributed by atoms with E-state index >= 15 is 0 Å². The van der Waals surface area contributed by atoms with Gasteiger partial charge in [0.1, 0.15) is 0 Å². The molecule has 98 valence electrons. The lowest BCUT2D eigenvalue weighted by Gasteiger charge is -2.22. The Kier molecular flexibility index (Phi) is 4.40. The highest BCUT2D eigenvalue weighted by Gasteiger charge is 2.21. The molecule has 0 aliphatic heterocycles. The topological polar surface area (TPSA) is 29.1 Å². The minimum atomic E-state index is 0.221. The Bertz CT molecular complexity index is 419. The lowest BCUT2D eigenvalue weighted by atomic mass is 9.88. The highest BCUT2D eigenvalue weighted by atomic mass is 16.1. The molecule has 1 aromatic carbocycles. The lowest BCUT2D eigenvalue weighted by molar-refractivity contribution is -0.120. The molecule has 2 nitrogen and oxygen atoms in total. The second-order valence-electron chi connectivity index (χ2n) is 5.29. The van der Waals surface area contributed by atoms with Gasteiger partial charge >= 0.3 is 0 Å². The largest absolute Gasteiger partial charge is 0.325 e. The molecule has 1 fully saturated rings. The molecule has 0 bridgehead atoms. The fraction of sp³-hybridized carbons (Fsp3) is 0.562. The normalized spacial score (nSPS) is 16.6. The third kappa shape index (κ3) is 2.92. The van der Waals surface area contributed by atoms with Crippen LogP contribution in [-0.4, -0.2) is 5.91 Å². The van der Waals surface area contributed by atoms with E-state index in [1.54, 1.807) is 0 Å². The molecule has 18 heavy (non-hydrogen) atoms. The molecular formula is C16H23NO. The Morgan fingerprint density at radius 2 is 2.00 bits per heavy atom. The van der Waals surface area contributed by atoms with Crippen LogP contribution in [0.2, 0.25) is 0 Å². The van der Waals surface area contributed by atoms with Crippen molar-refractivity contribution in [2.24, 2.45) is 5.92 Å². The van der Waals surface area contributed by atoms with E-state index in [4.69, 9.17) is 0 Å². The van der Waals surface area contributed by atoms with E-state index in [9.17, 15) is 4.79 Å². The fourth-order valence-electron chi connectivity index (χ4n) is 2.79. The predicted molar refractivity (Wildman–Crippen MR) is 75.8 cm³/mol. The molecule has 0 atom stereocenters. The van der Waals surface area contributed by atoms with Gasteiger partial charge in [-0.3, -0.25) is 4.79 Å². The zero-order valence-corrected chi connectivity index (χ0v) is 11.5. The van der Waals surface area contributed by atoms with Crippen LogP contribution in [-0.2, 0) is 11.2 Å². The van der Waals surface area contributed by atoms with Crippen LogP contribution in [0.15, 0.2) is 18.2 Å². The van der Waals surface area contributed by atoms with Crippen molar-refractivity contribution in [2.45, 2.75) is 52.4 Å². The van der Waals surface area contributed by atoms with Gasteiger partial charge in [-0.15, -0.1) is 0 Å². The lowest BCUT2D eigenvalue weighted by Crippen LogP contribution is -2.25. The SMILES string of the molecule is CCc1cccc(C)c1NC(=O)C1CCCCC1. The molecule has 0 heterocycles. The molecule has 1 amide bonds. The monoisotopic (exact) mass is 245 g/mol. The minimum absolute atomic E-state index is 0.221. The van der Waals surface area contributed by atoms with E-state index in [1.165, 1.54) is 30.4 Å². The molecule has 0 spiro atoms. The molecule has 0 saturated heterocycles. The van der Waals surface area contributed by atoms with Crippen LogP contribution < -0.4 is 5.32 Å². The van der Waals surface area contributed by atoms with Gasteiger partial charge in [0.15, 0.2) is 0 Å². The number of carbonyl (C=O) groups is 1. The zero-order valence-electron chi connectivity index (χ0n) is 11.5. The molecule has 2 rings (SSSR count). The maximum absolute atomic E-state index is 12.3. The van der Waals surface area contributed by atoms with Gasteiger partial charge < -0.3 is 5.32 Å². The molecule has 1 saturated carbocycles. The van der Waals surface area contributed by atoms with Crippen LogP contribution in [0.4, 0.5) is 5.69 Å². The van der Waals surface area contributed by atoms with E-state index in [0.29, 0.717) is 0 Å². The van der Waals surface area contributed by atoms with Crippen LogP contribution in [0.3, 0.4) is 0 Å². The first-order chi connectivity index (χ1) is 8.72. The highest BCUT2D eigenvalue weighted by molar-refractivity contribution is 5.94. The second-order valence-corrected chi connectivity index (χ2v) is 5.29. The Morgan fingerprint density at radius 1 is 1.28 bits per heavy atom. The van der Waals surface area contributed by atoms with E-state index < -0.39 is 0 Å². The number of benzene rings is 1. The van der Waals surface area contributed by atoms with Gasteiger partial charge in [-0.25, -0.2) is 0 Å². The van der Waals surface area contributed by atoms with Gasteiger partial charge in [0.2, 0.25) is 5.91 Å². The highest BCUT2D eigenvalue weighted by Crippen LogP contribution is 2.27. The summed E-state index contributed by atoms with van der Waals surface area (Å²) in [5.41, 5.74) is 3.44. The molecule has 0 radical (unpaired) electrons. The van der Waals surface area contributed by atoms with Crippen LogP contribution in [0.5, 0.6) is 0 Å². The molecule has 1 aliphatic rings. The second kappa shape index (κ2) is 6.03. The Balaban J connectivity index is 2.10. The number of para-hydroxylation sites is 1. The average Bonchev–Trinajstić information content (AvgIpc) is 2.42. The quantitative estimate of drug-likeness (QED) is 0.854. The first kappa shape index (κ1) is 13.1. The molecule has 0 unspecified atom stereocenters. The summed E-state index contributed by atoms with van der Waals surface area (Å²) >= 11 is 0. The maximum Gasteiger partial charge on any atom is 0.227 e. The van der Waals surface area contributed by atoms with Gasteiger partial charge in [0.05, 0.1) is 0 Å². The van der Waals surface area contributed by atoms with E-state index in [2.05, 4.69) is 37.4 Å². The summed E-state index contributed by atoms with van der Waals surface area (Å²) in [6.45, 7) is 4.20. The summed E-state index contributed by atoms with van der Waals surface area (Å²) in [7, 11) is 0. The van der Waals surface area contributed by atoms with Gasteiger partial charge in [-0.1, -0.05) is 44.4 Å². The van der Waals surface area contributed by atoms with Crippen molar-refractivity contribution in [3.63, 3.8) is 0 Å². The number of nitrogens with one attached hydrogen (secondary N) is 1. The third-order valence-corrected chi connectivity index (χ3v) is 3.96. The minimum Gasteiger partial charge on any atom is -0.325 e. The van der Waals surface area contributed by atoms with Crippen LogP contribution in [0.25, 0.3) is 0 Å². The zero-order chi connectivity index (χ0) is 13.0. The molecule has 2 heteroatoms. The standard InChI is InChI=1S/C16H23NO/c1-3-13-11-7-8-12(2)15(13)17-16(18)14-9-5-4-6-10-14/h7-8,11,14H,3-6,9-10H2,1-2H3,(H,17,18). The van der Waals surface area contributed by atoms with Gasteiger partial charge in [0.25, 0.3) is 0 Å². The van der Waals surface area contributed by atoms with Crippen LogP contribution in [0, 0.1) is 12.8 Å². The summed E-state index contributed by atoms with van der Waals surface area (Å²) in [6, 6.07) is 6.23. The van der Waals surface area contributed by atoms with Crippen molar-refractivity contribution < 1.29 is 4.79 Å². The molecule has 1 aliphatic carbocycles. The Morgan fingerprint density at radius 3 is 2.67 bits per heavy atom. The van der Waals surface area contributed by atoms with Crippen molar-refractivity contribution in [1.29, 1.82) is 0 Å². The van der Waals surface area contributed by atoms with Gasteiger partial charge in [-0.2, -0.15) is 0 Å². The van der Waals surface area contributed by atoms with Crippen molar-refractivity contribution in [3.05, 3.63) is 29.3 Å².